The van der Waals surface area contributed by atoms with Crippen molar-refractivity contribution in [1.82, 2.24) is 9.80 Å². The SMILES string of the molecule is O=C([O-])CN(CC(=O)[O-])C1CCCCC1N(CC(=O)[O-])CC(=O)O.[Na+].[Na+].[Na+]. The third-order valence-corrected chi connectivity index (χ3v) is 3.97. The molecule has 0 aromatic carbocycles. The van der Waals surface area contributed by atoms with Crippen LogP contribution in [-0.2, 0) is 19.2 Å². The number of hydrogen-bond donors (Lipinski definition) is 1. The summed E-state index contributed by atoms with van der Waals surface area (Å²) in [4.78, 5) is 46.0. The van der Waals surface area contributed by atoms with Gasteiger partial charge in [0.1, 0.15) is 0 Å². The van der Waals surface area contributed by atoms with Gasteiger partial charge in [-0.05, 0) is 12.8 Å². The summed E-state index contributed by atoms with van der Waals surface area (Å²) in [5.74, 6) is -5.67. The van der Waals surface area contributed by atoms with Gasteiger partial charge < -0.3 is 34.8 Å². The molecular weight excluding hydrogens is 393 g/mol. The average molecular weight is 412 g/mol. The van der Waals surface area contributed by atoms with Crippen LogP contribution in [0.2, 0.25) is 0 Å². The van der Waals surface area contributed by atoms with E-state index in [1.165, 1.54) is 4.90 Å². The van der Waals surface area contributed by atoms with Gasteiger partial charge in [-0.25, -0.2) is 0 Å². The summed E-state index contributed by atoms with van der Waals surface area (Å²) in [5, 5.41) is 41.6. The van der Waals surface area contributed by atoms with E-state index in [4.69, 9.17) is 5.11 Å². The van der Waals surface area contributed by atoms with E-state index in [9.17, 15) is 34.5 Å². The molecule has 1 N–H and O–H groups in total. The second-order valence-corrected chi connectivity index (χ2v) is 5.74. The molecule has 1 aliphatic rings. The van der Waals surface area contributed by atoms with E-state index in [1.54, 1.807) is 0 Å². The third-order valence-electron chi connectivity index (χ3n) is 3.97. The molecule has 2 atom stereocenters. The molecule has 0 saturated heterocycles. The van der Waals surface area contributed by atoms with Crippen LogP contribution in [0.3, 0.4) is 0 Å². The fraction of sp³-hybridized carbons (Fsp3) is 0.714. The number of carboxylic acids is 4. The maximum absolute atomic E-state index is 11.0. The van der Waals surface area contributed by atoms with E-state index in [0.29, 0.717) is 25.7 Å². The zero-order chi connectivity index (χ0) is 18.3. The fourth-order valence-corrected chi connectivity index (χ4v) is 3.20. The molecule has 136 valence electrons. The number of carboxylic acid groups (broad SMARTS) is 4. The van der Waals surface area contributed by atoms with Crippen LogP contribution < -0.4 is 104 Å². The number of carbonyl (C=O) groups is 4. The van der Waals surface area contributed by atoms with Crippen molar-refractivity contribution < 1.29 is 128 Å². The molecule has 2 unspecified atom stereocenters. The van der Waals surface area contributed by atoms with E-state index >= 15 is 0 Å². The third kappa shape index (κ3) is 12.9. The average Bonchev–Trinajstić information content (AvgIpc) is 2.44. The van der Waals surface area contributed by atoms with E-state index in [-0.39, 0.29) is 88.7 Å². The van der Waals surface area contributed by atoms with Crippen LogP contribution in [0.1, 0.15) is 25.7 Å². The van der Waals surface area contributed by atoms with Crippen molar-refractivity contribution in [2.75, 3.05) is 26.2 Å². The molecule has 0 aromatic rings. The molecule has 0 aliphatic heterocycles. The smallest absolute Gasteiger partial charge is 0.549 e. The standard InChI is InChI=1S/C14H22N2O8.3Na/c17-11(18)5-15(6-12(19)20)9-3-1-2-4-10(9)16(7-13(21)22)8-14(23)24;;;/h9-10H,1-8H2,(H,17,18)(H,19,20)(H,21,22)(H,23,24);;;/q;3*+1/p-3. The van der Waals surface area contributed by atoms with Crippen molar-refractivity contribution in [3.63, 3.8) is 0 Å². The van der Waals surface area contributed by atoms with Crippen LogP contribution in [0.15, 0.2) is 0 Å². The molecular formula is C14H19N2Na3O8. The Kier molecular flexibility index (Phi) is 19.9. The first-order valence-corrected chi connectivity index (χ1v) is 7.50. The Bertz CT molecular complexity index is 433. The molecule has 0 radical (unpaired) electrons. The molecule has 1 saturated carbocycles. The monoisotopic (exact) mass is 412 g/mol. The van der Waals surface area contributed by atoms with E-state index < -0.39 is 62.1 Å². The van der Waals surface area contributed by atoms with Gasteiger partial charge in [0, 0.05) is 31.7 Å². The van der Waals surface area contributed by atoms with Crippen LogP contribution >= 0.6 is 0 Å². The van der Waals surface area contributed by atoms with Gasteiger partial charge in [-0.1, -0.05) is 12.8 Å². The summed E-state index contributed by atoms with van der Waals surface area (Å²) in [5.41, 5.74) is 0. The minimum Gasteiger partial charge on any atom is -0.549 e. The van der Waals surface area contributed by atoms with Crippen molar-refractivity contribution in [2.45, 2.75) is 37.8 Å². The minimum absolute atomic E-state index is 0. The second-order valence-electron chi connectivity index (χ2n) is 5.74. The van der Waals surface area contributed by atoms with Gasteiger partial charge >= 0.3 is 94.6 Å². The van der Waals surface area contributed by atoms with Crippen molar-refractivity contribution in [1.29, 1.82) is 0 Å². The van der Waals surface area contributed by atoms with Gasteiger partial charge in [0.2, 0.25) is 0 Å². The van der Waals surface area contributed by atoms with E-state index in [0.717, 1.165) is 4.90 Å². The van der Waals surface area contributed by atoms with Gasteiger partial charge in [-0.3, -0.25) is 14.6 Å². The zero-order valence-corrected chi connectivity index (χ0v) is 22.0. The first-order valence-electron chi connectivity index (χ1n) is 7.50. The van der Waals surface area contributed by atoms with Crippen LogP contribution in [0.4, 0.5) is 0 Å². The predicted molar refractivity (Wildman–Crippen MR) is 71.8 cm³/mol. The number of rotatable bonds is 10. The number of hydrogen-bond acceptors (Lipinski definition) is 9. The topological polar surface area (TPSA) is 164 Å². The van der Waals surface area contributed by atoms with E-state index in [2.05, 4.69) is 0 Å². The van der Waals surface area contributed by atoms with Crippen molar-refractivity contribution in [3.05, 3.63) is 0 Å². The molecule has 0 spiro atoms. The maximum Gasteiger partial charge on any atom is 1.00 e. The largest absolute Gasteiger partial charge is 1.00 e. The van der Waals surface area contributed by atoms with Crippen molar-refractivity contribution in [3.8, 4) is 0 Å². The zero-order valence-electron chi connectivity index (χ0n) is 16.0. The summed E-state index contributed by atoms with van der Waals surface area (Å²) < 4.78 is 0. The van der Waals surface area contributed by atoms with Crippen molar-refractivity contribution >= 4 is 23.9 Å². The van der Waals surface area contributed by atoms with Crippen LogP contribution in [0.25, 0.3) is 0 Å². The summed E-state index contributed by atoms with van der Waals surface area (Å²) in [7, 11) is 0. The fourth-order valence-electron chi connectivity index (χ4n) is 3.20. The van der Waals surface area contributed by atoms with Gasteiger partial charge in [0.15, 0.2) is 0 Å². The number of nitrogens with zero attached hydrogens (tertiary/aromatic N) is 2. The van der Waals surface area contributed by atoms with Crippen molar-refractivity contribution in [2.24, 2.45) is 0 Å². The molecule has 27 heavy (non-hydrogen) atoms. The van der Waals surface area contributed by atoms with Crippen LogP contribution in [0.5, 0.6) is 0 Å². The summed E-state index contributed by atoms with van der Waals surface area (Å²) in [6.07, 6.45) is 2.20. The number of carbonyl (C=O) groups excluding carboxylic acids is 3. The quantitative estimate of drug-likeness (QED) is 0.341. The van der Waals surface area contributed by atoms with Crippen LogP contribution in [0, 0.1) is 0 Å². The van der Waals surface area contributed by atoms with E-state index in [1.807, 2.05) is 0 Å². The maximum atomic E-state index is 11.0. The summed E-state index contributed by atoms with van der Waals surface area (Å²) >= 11 is 0. The Morgan fingerprint density at radius 1 is 0.704 bits per heavy atom. The molecule has 0 heterocycles. The molecule has 13 heteroatoms. The summed E-state index contributed by atoms with van der Waals surface area (Å²) in [6, 6.07) is -1.25. The molecule has 0 aromatic heterocycles. The Morgan fingerprint density at radius 2 is 1.00 bits per heavy atom. The normalized spacial score (nSPS) is 18.6. The molecule has 1 aliphatic carbocycles. The molecule has 1 rings (SSSR count). The van der Waals surface area contributed by atoms with Gasteiger partial charge in [0.25, 0.3) is 0 Å². The molecule has 1 fully saturated rings. The van der Waals surface area contributed by atoms with Gasteiger partial charge in [0.05, 0.1) is 24.5 Å². The van der Waals surface area contributed by atoms with Crippen LogP contribution in [-0.4, -0.2) is 77.0 Å². The number of aliphatic carboxylic acids is 4. The first-order chi connectivity index (χ1) is 11.2. The molecule has 10 nitrogen and oxygen atoms in total. The van der Waals surface area contributed by atoms with Gasteiger partial charge in [-0.15, -0.1) is 0 Å². The molecule has 0 bridgehead atoms. The Hall–Kier alpha value is 0.800. The second kappa shape index (κ2) is 16.6. The van der Waals surface area contributed by atoms with Gasteiger partial charge in [-0.2, -0.15) is 0 Å². The predicted octanol–water partition coefficient (Wildman–Crippen LogP) is -13.8. The Morgan fingerprint density at radius 3 is 1.26 bits per heavy atom. The Labute approximate surface area is 223 Å². The molecule has 0 amide bonds. The first kappa shape index (κ1) is 32.5. The summed E-state index contributed by atoms with van der Waals surface area (Å²) in [6.45, 7) is -2.54. The Balaban J connectivity index is -0.00000192. The minimum atomic E-state index is -1.48.